The average Bonchev–Trinajstić information content (AvgIpc) is 3.20. The Balaban J connectivity index is 0.000000214. The molecule has 2 aromatic carbocycles. The topological polar surface area (TPSA) is 44.7 Å². The second kappa shape index (κ2) is 14.1. The molecule has 1 N–H and O–H groups in total. The van der Waals surface area contributed by atoms with Crippen molar-refractivity contribution in [1.82, 2.24) is 10.4 Å². The fraction of sp³-hybridized carbons (Fsp3) is 0.310. The molecule has 0 radical (unpaired) electrons. The molecule has 2 aliphatic rings. The van der Waals surface area contributed by atoms with Gasteiger partial charge >= 0.3 is 0 Å². The number of nitrogens with zero attached hydrogens (tertiary/aromatic N) is 2. The second-order valence-electron chi connectivity index (χ2n) is 8.42. The first-order chi connectivity index (χ1) is 17.0. The van der Waals surface area contributed by atoms with Crippen molar-refractivity contribution in [2.75, 3.05) is 13.1 Å². The summed E-state index contributed by atoms with van der Waals surface area (Å²) in [5.41, 5.74) is 6.93. The van der Waals surface area contributed by atoms with E-state index in [1.807, 2.05) is 55.5 Å². The van der Waals surface area contributed by atoms with Gasteiger partial charge in [-0.1, -0.05) is 85.3 Å². The predicted octanol–water partition coefficient (Wildman–Crippen LogP) is 7.56. The number of amides is 1. The maximum absolute atomic E-state index is 11.4. The zero-order valence-corrected chi connectivity index (χ0v) is 22.2. The van der Waals surface area contributed by atoms with E-state index in [0.29, 0.717) is 11.4 Å². The Bertz CT molecular complexity index is 1110. The van der Waals surface area contributed by atoms with Crippen LogP contribution >= 0.6 is 23.4 Å². The second-order valence-corrected chi connectivity index (χ2v) is 10.1. The lowest BCUT2D eigenvalue weighted by Crippen LogP contribution is -2.42. The van der Waals surface area contributed by atoms with Crippen LogP contribution in [0.4, 0.5) is 0 Å². The first-order valence-electron chi connectivity index (χ1n) is 12.1. The summed E-state index contributed by atoms with van der Waals surface area (Å²) in [5, 5.41) is 2.77. The molecule has 6 heteroatoms. The number of rotatable bonds is 5. The van der Waals surface area contributed by atoms with E-state index in [1.54, 1.807) is 17.8 Å². The van der Waals surface area contributed by atoms with E-state index >= 15 is 0 Å². The molecule has 0 aliphatic carbocycles. The van der Waals surface area contributed by atoms with Gasteiger partial charge in [0, 0.05) is 45.5 Å². The lowest BCUT2D eigenvalue weighted by Gasteiger charge is -2.20. The molecular weight excluding hydrogens is 474 g/mol. The molecule has 0 saturated carbocycles. The number of benzene rings is 2. The highest BCUT2D eigenvalue weighted by Crippen LogP contribution is 2.36. The van der Waals surface area contributed by atoms with Gasteiger partial charge in [-0.25, -0.2) is 10.0 Å². The van der Waals surface area contributed by atoms with Crippen molar-refractivity contribution in [3.8, 4) is 0 Å². The van der Waals surface area contributed by atoms with Gasteiger partial charge in [-0.05, 0) is 51.0 Å². The molecule has 0 atom stereocenters. The number of halogens is 1. The van der Waals surface area contributed by atoms with Crippen LogP contribution in [0.5, 0.6) is 0 Å². The van der Waals surface area contributed by atoms with E-state index in [0.717, 1.165) is 40.5 Å². The highest BCUT2D eigenvalue weighted by Gasteiger charge is 2.17. The van der Waals surface area contributed by atoms with Crippen LogP contribution in [0.2, 0.25) is 5.02 Å². The summed E-state index contributed by atoms with van der Waals surface area (Å²) in [4.78, 5) is 18.6. The number of fused-ring (bicyclic) bond motifs is 1. The van der Waals surface area contributed by atoms with Gasteiger partial charge in [0.25, 0.3) is 0 Å². The normalized spacial score (nSPS) is 16.4. The molecule has 4 rings (SSSR count). The first kappa shape index (κ1) is 27.0. The molecule has 2 heterocycles. The van der Waals surface area contributed by atoms with Crippen LogP contribution in [0.3, 0.4) is 0 Å². The highest BCUT2D eigenvalue weighted by atomic mass is 35.5. The molecule has 1 saturated heterocycles. The maximum Gasteiger partial charge on any atom is 0.238 e. The fourth-order valence-electron chi connectivity index (χ4n) is 3.90. The van der Waals surface area contributed by atoms with Crippen LogP contribution < -0.4 is 5.43 Å². The Hall–Kier alpha value is -2.60. The van der Waals surface area contributed by atoms with Crippen LogP contribution in [-0.2, 0) is 4.79 Å². The lowest BCUT2D eigenvalue weighted by atomic mass is 10.0. The third-order valence-corrected chi connectivity index (χ3v) is 7.04. The number of carbonyl (C=O) groups excluding carboxylic acids is 1. The predicted molar refractivity (Wildman–Crippen MR) is 150 cm³/mol. The van der Waals surface area contributed by atoms with Crippen LogP contribution in [0.1, 0.15) is 57.1 Å². The number of aliphatic imine (C=N–C) groups is 1. The van der Waals surface area contributed by atoms with Gasteiger partial charge in [0.15, 0.2) is 0 Å². The molecular formula is C29H34ClN3OS. The van der Waals surface area contributed by atoms with E-state index < -0.39 is 0 Å². The molecule has 4 nitrogen and oxygen atoms in total. The van der Waals surface area contributed by atoms with Crippen LogP contribution in [-0.4, -0.2) is 29.7 Å². The van der Waals surface area contributed by atoms with Crippen molar-refractivity contribution in [1.29, 1.82) is 0 Å². The van der Waals surface area contributed by atoms with Crippen molar-refractivity contribution in [3.05, 3.63) is 100 Å². The standard InChI is InChI=1S/C18H14ClNS.C11H20N2O/c1-3-16-12(2)21-17-10-5-4-9-15(17)18(20-16)13-7-6-8-14(19)11-13;1-2-3-8-11(14)12-13-9-6-4-5-7-10-13/h3-11H,1H2,2H3;2-3H,4-10H2,1H3,(H,12,14)/b;3-2-. The van der Waals surface area contributed by atoms with Gasteiger partial charge < -0.3 is 0 Å². The summed E-state index contributed by atoms with van der Waals surface area (Å²) in [6.45, 7) is 9.89. The minimum Gasteiger partial charge on any atom is -0.289 e. The Labute approximate surface area is 218 Å². The molecule has 0 bridgehead atoms. The molecule has 0 aromatic heterocycles. The zero-order valence-electron chi connectivity index (χ0n) is 20.6. The SMILES string of the molecule is C/C=C\CC(=O)NN1CCCCCC1.C=CC1=C(C)Sc2ccccc2C(c2cccc(Cl)c2)=N1. The lowest BCUT2D eigenvalue weighted by molar-refractivity contribution is -0.125. The summed E-state index contributed by atoms with van der Waals surface area (Å²) in [6.07, 6.45) is 11.1. The molecule has 0 spiro atoms. The summed E-state index contributed by atoms with van der Waals surface area (Å²) in [5.74, 6) is 0.102. The van der Waals surface area contributed by atoms with E-state index in [4.69, 9.17) is 16.6 Å². The molecule has 35 heavy (non-hydrogen) atoms. The van der Waals surface area contributed by atoms with Gasteiger partial charge in [0.1, 0.15) is 0 Å². The minimum atomic E-state index is 0.102. The van der Waals surface area contributed by atoms with Gasteiger partial charge in [-0.2, -0.15) is 0 Å². The van der Waals surface area contributed by atoms with Crippen LogP contribution in [0.15, 0.2) is 93.8 Å². The van der Waals surface area contributed by atoms with Crippen LogP contribution in [0, 0.1) is 0 Å². The summed E-state index contributed by atoms with van der Waals surface area (Å²) in [6, 6.07) is 16.1. The van der Waals surface area contributed by atoms with Crippen molar-refractivity contribution in [3.63, 3.8) is 0 Å². The van der Waals surface area contributed by atoms with Crippen LogP contribution in [0.25, 0.3) is 0 Å². The summed E-state index contributed by atoms with van der Waals surface area (Å²) >= 11 is 7.87. The molecule has 1 amide bonds. The van der Waals surface area contributed by atoms with E-state index in [-0.39, 0.29) is 5.91 Å². The Morgan fingerprint density at radius 3 is 2.57 bits per heavy atom. The number of carbonyl (C=O) groups is 1. The minimum absolute atomic E-state index is 0.102. The molecule has 184 valence electrons. The fourth-order valence-corrected chi connectivity index (χ4v) is 5.08. The molecule has 2 aromatic rings. The van der Waals surface area contributed by atoms with Gasteiger partial charge in [0.05, 0.1) is 11.4 Å². The summed E-state index contributed by atoms with van der Waals surface area (Å²) < 4.78 is 0. The molecule has 1 fully saturated rings. The number of nitrogens with one attached hydrogen (secondary N) is 1. The maximum atomic E-state index is 11.4. The smallest absolute Gasteiger partial charge is 0.238 e. The molecule has 0 unspecified atom stereocenters. The number of thioether (sulfide) groups is 1. The van der Waals surface area contributed by atoms with Gasteiger partial charge in [-0.3, -0.25) is 10.2 Å². The van der Waals surface area contributed by atoms with Crippen molar-refractivity contribution >= 4 is 35.0 Å². The van der Waals surface area contributed by atoms with Crippen molar-refractivity contribution in [2.24, 2.45) is 4.99 Å². The van der Waals surface area contributed by atoms with Gasteiger partial charge in [-0.15, -0.1) is 0 Å². The number of hydrogen-bond acceptors (Lipinski definition) is 4. The third kappa shape index (κ3) is 8.24. The Morgan fingerprint density at radius 1 is 1.14 bits per heavy atom. The number of hydrazine groups is 1. The highest BCUT2D eigenvalue weighted by molar-refractivity contribution is 8.03. The first-order valence-corrected chi connectivity index (χ1v) is 13.3. The quantitative estimate of drug-likeness (QED) is 0.424. The summed E-state index contributed by atoms with van der Waals surface area (Å²) in [7, 11) is 0. The largest absolute Gasteiger partial charge is 0.289 e. The van der Waals surface area contributed by atoms with E-state index in [9.17, 15) is 4.79 Å². The van der Waals surface area contributed by atoms with E-state index in [1.165, 1.54) is 30.6 Å². The average molecular weight is 508 g/mol. The Morgan fingerprint density at radius 2 is 1.89 bits per heavy atom. The van der Waals surface area contributed by atoms with E-state index in [2.05, 4.69) is 36.1 Å². The zero-order chi connectivity index (χ0) is 25.0. The Kier molecular flexibility index (Phi) is 10.9. The van der Waals surface area contributed by atoms with Gasteiger partial charge in [0.2, 0.25) is 5.91 Å². The monoisotopic (exact) mass is 507 g/mol. The number of allylic oxidation sites excluding steroid dienone is 3. The number of hydrogen-bond donors (Lipinski definition) is 1. The van der Waals surface area contributed by atoms with Crippen molar-refractivity contribution < 1.29 is 4.79 Å². The molecule has 2 aliphatic heterocycles. The third-order valence-electron chi connectivity index (χ3n) is 5.72. The van der Waals surface area contributed by atoms with Crippen molar-refractivity contribution in [2.45, 2.75) is 50.8 Å².